The molecule has 0 saturated carbocycles. The van der Waals surface area contributed by atoms with Crippen molar-refractivity contribution in [1.29, 1.82) is 0 Å². The van der Waals surface area contributed by atoms with E-state index >= 15 is 0 Å². The van der Waals surface area contributed by atoms with E-state index in [9.17, 15) is 8.78 Å². The third kappa shape index (κ3) is 11.6. The van der Waals surface area contributed by atoms with Crippen molar-refractivity contribution in [2.45, 2.75) is 46.0 Å². The van der Waals surface area contributed by atoms with E-state index in [1.807, 2.05) is 20.8 Å². The third-order valence-corrected chi connectivity index (χ3v) is 1.42. The molecule has 0 aliphatic carbocycles. The molecule has 86 valence electrons. The summed E-state index contributed by atoms with van der Waals surface area (Å²) in [4.78, 5) is 0. The van der Waals surface area contributed by atoms with Crippen LogP contribution in [0.5, 0.6) is 0 Å². The predicted octanol–water partition coefficient (Wildman–Crippen LogP) is 4.04. The summed E-state index contributed by atoms with van der Waals surface area (Å²) >= 11 is 0. The van der Waals surface area contributed by atoms with Gasteiger partial charge in [-0.3, -0.25) is 0 Å². The molecule has 0 saturated heterocycles. The number of halogens is 2. The van der Waals surface area contributed by atoms with E-state index in [0.29, 0.717) is 0 Å². The summed E-state index contributed by atoms with van der Waals surface area (Å²) in [5.74, 6) is -2.80. The van der Waals surface area contributed by atoms with Crippen LogP contribution in [0, 0.1) is 0 Å². The summed E-state index contributed by atoms with van der Waals surface area (Å²) in [6.45, 7) is 5.50. The van der Waals surface area contributed by atoms with Crippen LogP contribution in [0.15, 0.2) is 12.2 Å². The van der Waals surface area contributed by atoms with Gasteiger partial charge in [-0.25, -0.2) is 0 Å². The van der Waals surface area contributed by atoms with E-state index in [1.165, 1.54) is 13.2 Å². The van der Waals surface area contributed by atoms with Gasteiger partial charge < -0.3 is 4.74 Å². The second kappa shape index (κ2) is 10.6. The molecule has 0 amide bonds. The number of rotatable bonds is 6. The number of hydrogen-bond acceptors (Lipinski definition) is 1. The molecule has 0 aliphatic heterocycles. The second-order valence-electron chi connectivity index (χ2n) is 2.74. The van der Waals surface area contributed by atoms with E-state index in [2.05, 4.69) is 4.74 Å². The zero-order valence-electron chi connectivity index (χ0n) is 9.65. The van der Waals surface area contributed by atoms with E-state index in [1.54, 1.807) is 0 Å². The number of alkyl halides is 2. The number of allylic oxidation sites excluding steroid dienone is 1. The number of methoxy groups -OCH3 is 1. The molecule has 1 nitrogen and oxygen atoms in total. The van der Waals surface area contributed by atoms with Crippen LogP contribution < -0.4 is 0 Å². The van der Waals surface area contributed by atoms with Crippen LogP contribution in [0.2, 0.25) is 0 Å². The van der Waals surface area contributed by atoms with E-state index < -0.39 is 12.5 Å². The van der Waals surface area contributed by atoms with Gasteiger partial charge >= 0.3 is 0 Å². The average molecular weight is 208 g/mol. The van der Waals surface area contributed by atoms with Crippen molar-refractivity contribution in [3.8, 4) is 0 Å². The van der Waals surface area contributed by atoms with Crippen LogP contribution >= 0.6 is 0 Å². The zero-order chi connectivity index (χ0) is 11.4. The predicted molar refractivity (Wildman–Crippen MR) is 56.8 cm³/mol. The molecule has 0 bridgehead atoms. The van der Waals surface area contributed by atoms with Crippen molar-refractivity contribution in [1.82, 2.24) is 0 Å². The lowest BCUT2D eigenvalue weighted by molar-refractivity contribution is -0.0233. The van der Waals surface area contributed by atoms with E-state index in [0.717, 1.165) is 25.3 Å². The highest BCUT2D eigenvalue weighted by atomic mass is 19.3. The molecule has 0 spiro atoms. The number of unbranched alkanes of at least 4 members (excludes halogenated alkanes) is 2. The summed E-state index contributed by atoms with van der Waals surface area (Å²) in [7, 11) is 1.27. The lowest BCUT2D eigenvalue weighted by atomic mass is 10.2. The number of hydrogen-bond donors (Lipinski definition) is 0. The molecule has 0 radical (unpaired) electrons. The molecule has 0 unspecified atom stereocenters. The number of ether oxygens (including phenoxy) is 1. The van der Waals surface area contributed by atoms with Gasteiger partial charge in [0.05, 0.1) is 0 Å². The zero-order valence-corrected chi connectivity index (χ0v) is 9.65. The Kier molecular flexibility index (Phi) is 12.2. The van der Waals surface area contributed by atoms with Gasteiger partial charge in [0.1, 0.15) is 6.61 Å². The van der Waals surface area contributed by atoms with Gasteiger partial charge in [-0.15, -0.1) is 0 Å². The van der Waals surface area contributed by atoms with Gasteiger partial charge in [-0.05, 0) is 12.5 Å². The third-order valence-electron chi connectivity index (χ3n) is 1.42. The summed E-state index contributed by atoms with van der Waals surface area (Å²) in [5, 5.41) is 0. The molecule has 14 heavy (non-hydrogen) atoms. The lowest BCUT2D eigenvalue weighted by Gasteiger charge is -2.09. The van der Waals surface area contributed by atoms with Crippen LogP contribution in [0.1, 0.15) is 40.0 Å². The largest absolute Gasteiger partial charge is 0.378 e. The maximum absolute atomic E-state index is 12.6. The molecule has 0 aromatic heterocycles. The van der Waals surface area contributed by atoms with Crippen molar-refractivity contribution >= 4 is 0 Å². The standard InChI is InChI=1S/C9H16F2O.C2H6/c1-3-4-5-6-7-9(10,11)8-12-2;1-2/h6-7H,3-5,8H2,1-2H3;1-2H3/b7-6+;. The van der Waals surface area contributed by atoms with Gasteiger partial charge in [-0.1, -0.05) is 39.7 Å². The molecule has 0 atom stereocenters. The van der Waals surface area contributed by atoms with Crippen LogP contribution in [0.4, 0.5) is 8.78 Å². The molecule has 0 fully saturated rings. The van der Waals surface area contributed by atoms with Crippen LogP contribution in [-0.2, 0) is 4.74 Å². The smallest absolute Gasteiger partial charge is 0.289 e. The van der Waals surface area contributed by atoms with Gasteiger partial charge in [0.15, 0.2) is 0 Å². The molecular weight excluding hydrogens is 186 g/mol. The molecule has 0 aromatic rings. The highest BCUT2D eigenvalue weighted by molar-refractivity contribution is 4.94. The fraction of sp³-hybridized carbons (Fsp3) is 0.818. The molecular formula is C11H22F2O. The molecule has 0 rings (SSSR count). The van der Waals surface area contributed by atoms with Gasteiger partial charge in [0.2, 0.25) is 0 Å². The van der Waals surface area contributed by atoms with Gasteiger partial charge in [-0.2, -0.15) is 8.78 Å². The minimum Gasteiger partial charge on any atom is -0.378 e. The Morgan fingerprint density at radius 3 is 2.29 bits per heavy atom. The summed E-state index contributed by atoms with van der Waals surface area (Å²) in [5.41, 5.74) is 0. The Bertz CT molecular complexity index is 133. The topological polar surface area (TPSA) is 9.23 Å². The van der Waals surface area contributed by atoms with Crippen molar-refractivity contribution in [2.75, 3.05) is 13.7 Å². The Balaban J connectivity index is 0. The van der Waals surface area contributed by atoms with Crippen molar-refractivity contribution < 1.29 is 13.5 Å². The maximum Gasteiger partial charge on any atom is 0.289 e. The van der Waals surface area contributed by atoms with E-state index in [4.69, 9.17) is 0 Å². The monoisotopic (exact) mass is 208 g/mol. The van der Waals surface area contributed by atoms with Crippen molar-refractivity contribution in [2.24, 2.45) is 0 Å². The first-order valence-electron chi connectivity index (χ1n) is 5.17. The Hall–Kier alpha value is -0.440. The molecule has 0 aliphatic rings. The lowest BCUT2D eigenvalue weighted by Crippen LogP contribution is -2.19. The highest BCUT2D eigenvalue weighted by Crippen LogP contribution is 2.15. The first-order chi connectivity index (χ1) is 6.62. The second-order valence-corrected chi connectivity index (χ2v) is 2.74. The highest BCUT2D eigenvalue weighted by Gasteiger charge is 2.23. The molecule has 0 aromatic carbocycles. The Morgan fingerprint density at radius 1 is 1.29 bits per heavy atom. The fourth-order valence-corrected chi connectivity index (χ4v) is 0.818. The van der Waals surface area contributed by atoms with Crippen molar-refractivity contribution in [3.63, 3.8) is 0 Å². The normalized spacial score (nSPS) is 11.3. The summed E-state index contributed by atoms with van der Waals surface area (Å²) < 4.78 is 29.6. The maximum atomic E-state index is 12.6. The Labute approximate surface area is 86.1 Å². The van der Waals surface area contributed by atoms with E-state index in [-0.39, 0.29) is 0 Å². The van der Waals surface area contributed by atoms with Crippen LogP contribution in [0.3, 0.4) is 0 Å². The van der Waals surface area contributed by atoms with Gasteiger partial charge in [0, 0.05) is 7.11 Å². The average Bonchev–Trinajstić information content (AvgIpc) is 2.16. The SMILES string of the molecule is CC.CCCC/C=C/C(F)(F)COC. The quantitative estimate of drug-likeness (QED) is 0.473. The Morgan fingerprint density at radius 2 is 1.86 bits per heavy atom. The molecule has 3 heteroatoms. The van der Waals surface area contributed by atoms with Crippen LogP contribution in [0.25, 0.3) is 0 Å². The summed E-state index contributed by atoms with van der Waals surface area (Å²) in [6, 6.07) is 0. The first-order valence-corrected chi connectivity index (χ1v) is 5.17. The van der Waals surface area contributed by atoms with Crippen molar-refractivity contribution in [3.05, 3.63) is 12.2 Å². The van der Waals surface area contributed by atoms with Gasteiger partial charge in [0.25, 0.3) is 5.92 Å². The molecule has 0 N–H and O–H groups in total. The fourth-order valence-electron chi connectivity index (χ4n) is 0.818. The molecule has 0 heterocycles. The van der Waals surface area contributed by atoms with Crippen LogP contribution in [-0.4, -0.2) is 19.6 Å². The first kappa shape index (κ1) is 16.0. The summed E-state index contributed by atoms with van der Waals surface area (Å²) in [6.07, 6.45) is 5.14. The minimum atomic E-state index is -2.80. The minimum absolute atomic E-state index is 0.532.